The Balaban J connectivity index is 2.78. The van der Waals surface area contributed by atoms with Crippen LogP contribution in [0, 0.1) is 6.92 Å². The van der Waals surface area contributed by atoms with Gasteiger partial charge in [-0.3, -0.25) is 4.98 Å². The molecular formula is C11H13NO. The Hall–Kier alpha value is -1.31. The van der Waals surface area contributed by atoms with Crippen molar-refractivity contribution in [3.8, 4) is 0 Å². The molecule has 2 aromatic rings. The normalized spacial score (nSPS) is 11.4. The summed E-state index contributed by atoms with van der Waals surface area (Å²) in [6.07, 6.45) is 3.64. The third kappa shape index (κ3) is 1.22. The fraction of sp³-hybridized carbons (Fsp3) is 0.364. The van der Waals surface area contributed by atoms with Crippen molar-refractivity contribution in [2.24, 2.45) is 0 Å². The molecular weight excluding hydrogens is 162 g/mol. The summed E-state index contributed by atoms with van der Waals surface area (Å²) in [7, 11) is 0. The van der Waals surface area contributed by atoms with E-state index in [1.165, 1.54) is 5.56 Å². The van der Waals surface area contributed by atoms with Gasteiger partial charge in [0.15, 0.2) is 0 Å². The smallest absolute Gasteiger partial charge is 0.140 e. The molecule has 0 fully saturated rings. The number of aryl methyl sites for hydroxylation is 1. The summed E-state index contributed by atoms with van der Waals surface area (Å²) in [6, 6.07) is 1.98. The standard InChI is InChI=1S/C11H13NO/c1-7(2)10-6-12-8(3)9-4-5-13-11(9)10/h4-7H,1-3H3. The number of hydrogen-bond acceptors (Lipinski definition) is 2. The molecule has 0 aromatic carbocycles. The van der Waals surface area contributed by atoms with Crippen LogP contribution in [0.4, 0.5) is 0 Å². The Morgan fingerprint density at radius 1 is 1.38 bits per heavy atom. The zero-order valence-electron chi connectivity index (χ0n) is 8.16. The van der Waals surface area contributed by atoms with Crippen LogP contribution in [-0.2, 0) is 0 Å². The van der Waals surface area contributed by atoms with E-state index in [9.17, 15) is 0 Å². The number of pyridine rings is 1. The van der Waals surface area contributed by atoms with Crippen LogP contribution in [0.1, 0.15) is 31.0 Å². The van der Waals surface area contributed by atoms with Gasteiger partial charge in [0.05, 0.1) is 6.26 Å². The van der Waals surface area contributed by atoms with E-state index in [2.05, 4.69) is 18.8 Å². The van der Waals surface area contributed by atoms with Crippen molar-refractivity contribution >= 4 is 11.0 Å². The lowest BCUT2D eigenvalue weighted by atomic mass is 10.0. The quantitative estimate of drug-likeness (QED) is 0.664. The first-order valence-electron chi connectivity index (χ1n) is 4.53. The van der Waals surface area contributed by atoms with E-state index in [-0.39, 0.29) is 0 Å². The van der Waals surface area contributed by atoms with Gasteiger partial charge in [-0.15, -0.1) is 0 Å². The molecule has 0 atom stereocenters. The average molecular weight is 175 g/mol. The second-order valence-corrected chi connectivity index (χ2v) is 3.62. The maximum absolute atomic E-state index is 5.45. The Morgan fingerprint density at radius 2 is 2.15 bits per heavy atom. The van der Waals surface area contributed by atoms with Gasteiger partial charge in [0.1, 0.15) is 5.58 Å². The molecule has 2 heterocycles. The molecule has 68 valence electrons. The molecule has 13 heavy (non-hydrogen) atoms. The average Bonchev–Trinajstić information content (AvgIpc) is 2.53. The van der Waals surface area contributed by atoms with E-state index in [0.717, 1.165) is 16.7 Å². The summed E-state index contributed by atoms with van der Waals surface area (Å²) in [4.78, 5) is 4.34. The van der Waals surface area contributed by atoms with Gasteiger partial charge in [0.2, 0.25) is 0 Å². The molecule has 0 unspecified atom stereocenters. The van der Waals surface area contributed by atoms with Crippen molar-refractivity contribution in [2.45, 2.75) is 26.7 Å². The molecule has 0 bridgehead atoms. The molecule has 2 rings (SSSR count). The topological polar surface area (TPSA) is 26.0 Å². The maximum Gasteiger partial charge on any atom is 0.140 e. The van der Waals surface area contributed by atoms with Gasteiger partial charge in [-0.1, -0.05) is 13.8 Å². The van der Waals surface area contributed by atoms with Crippen molar-refractivity contribution in [1.29, 1.82) is 0 Å². The van der Waals surface area contributed by atoms with Crippen LogP contribution in [0.2, 0.25) is 0 Å². The Labute approximate surface area is 77.6 Å². The largest absolute Gasteiger partial charge is 0.464 e. The summed E-state index contributed by atoms with van der Waals surface area (Å²) in [5.74, 6) is 0.460. The molecule has 0 saturated heterocycles. The minimum atomic E-state index is 0.460. The molecule has 2 heteroatoms. The number of nitrogens with zero attached hydrogens (tertiary/aromatic N) is 1. The van der Waals surface area contributed by atoms with Gasteiger partial charge in [-0.05, 0) is 18.9 Å². The predicted octanol–water partition coefficient (Wildman–Crippen LogP) is 3.26. The number of hydrogen-bond donors (Lipinski definition) is 0. The second kappa shape index (κ2) is 2.87. The van der Waals surface area contributed by atoms with Crippen molar-refractivity contribution < 1.29 is 4.42 Å². The molecule has 0 spiro atoms. The molecule has 0 aliphatic heterocycles. The summed E-state index contributed by atoms with van der Waals surface area (Å²) in [5.41, 5.74) is 3.21. The zero-order chi connectivity index (χ0) is 9.42. The molecule has 0 amide bonds. The van der Waals surface area contributed by atoms with Gasteiger partial charge in [0.25, 0.3) is 0 Å². The SMILES string of the molecule is Cc1ncc(C(C)C)c2occc12. The van der Waals surface area contributed by atoms with Crippen LogP contribution in [0.25, 0.3) is 11.0 Å². The van der Waals surface area contributed by atoms with Crippen molar-refractivity contribution in [2.75, 3.05) is 0 Å². The monoisotopic (exact) mass is 175 g/mol. The van der Waals surface area contributed by atoms with Crippen molar-refractivity contribution in [1.82, 2.24) is 4.98 Å². The van der Waals surface area contributed by atoms with E-state index in [0.29, 0.717) is 5.92 Å². The fourth-order valence-electron chi connectivity index (χ4n) is 1.52. The summed E-state index contributed by atoms with van der Waals surface area (Å²) in [5, 5.41) is 1.13. The Kier molecular flexibility index (Phi) is 1.83. The van der Waals surface area contributed by atoms with E-state index < -0.39 is 0 Å². The number of rotatable bonds is 1. The van der Waals surface area contributed by atoms with Crippen LogP contribution in [0.3, 0.4) is 0 Å². The second-order valence-electron chi connectivity index (χ2n) is 3.62. The Bertz CT molecular complexity index is 429. The highest BCUT2D eigenvalue weighted by Gasteiger charge is 2.10. The van der Waals surface area contributed by atoms with Gasteiger partial charge in [0, 0.05) is 22.8 Å². The number of aromatic nitrogens is 1. The third-order valence-electron chi connectivity index (χ3n) is 2.34. The van der Waals surface area contributed by atoms with Crippen LogP contribution >= 0.6 is 0 Å². The molecule has 0 aliphatic rings. The van der Waals surface area contributed by atoms with Gasteiger partial charge in [-0.2, -0.15) is 0 Å². The number of furan rings is 1. The first-order chi connectivity index (χ1) is 6.20. The third-order valence-corrected chi connectivity index (χ3v) is 2.34. The van der Waals surface area contributed by atoms with Crippen LogP contribution in [0.5, 0.6) is 0 Å². The van der Waals surface area contributed by atoms with Crippen LogP contribution < -0.4 is 0 Å². The molecule has 2 nitrogen and oxygen atoms in total. The van der Waals surface area contributed by atoms with Crippen LogP contribution in [0.15, 0.2) is 22.9 Å². The molecule has 0 aliphatic carbocycles. The summed E-state index contributed by atoms with van der Waals surface area (Å²) in [6.45, 7) is 6.30. The minimum absolute atomic E-state index is 0.460. The highest BCUT2D eigenvalue weighted by molar-refractivity contribution is 5.82. The molecule has 2 aromatic heterocycles. The predicted molar refractivity (Wildman–Crippen MR) is 52.8 cm³/mol. The van der Waals surface area contributed by atoms with Gasteiger partial charge in [-0.25, -0.2) is 0 Å². The van der Waals surface area contributed by atoms with E-state index in [4.69, 9.17) is 4.42 Å². The fourth-order valence-corrected chi connectivity index (χ4v) is 1.52. The lowest BCUT2D eigenvalue weighted by Crippen LogP contribution is -1.91. The highest BCUT2D eigenvalue weighted by Crippen LogP contribution is 2.26. The van der Waals surface area contributed by atoms with Crippen LogP contribution in [-0.4, -0.2) is 4.98 Å². The highest BCUT2D eigenvalue weighted by atomic mass is 16.3. The van der Waals surface area contributed by atoms with E-state index in [1.807, 2.05) is 19.2 Å². The van der Waals surface area contributed by atoms with Gasteiger partial charge >= 0.3 is 0 Å². The number of fused-ring (bicyclic) bond motifs is 1. The van der Waals surface area contributed by atoms with Crippen molar-refractivity contribution in [3.05, 3.63) is 29.8 Å². The lowest BCUT2D eigenvalue weighted by molar-refractivity contribution is 0.606. The molecule has 0 saturated carbocycles. The Morgan fingerprint density at radius 3 is 2.85 bits per heavy atom. The molecule has 0 N–H and O–H groups in total. The van der Waals surface area contributed by atoms with Crippen molar-refractivity contribution in [3.63, 3.8) is 0 Å². The first-order valence-corrected chi connectivity index (χ1v) is 4.53. The van der Waals surface area contributed by atoms with E-state index >= 15 is 0 Å². The zero-order valence-corrected chi connectivity index (χ0v) is 8.16. The maximum atomic E-state index is 5.45. The van der Waals surface area contributed by atoms with Gasteiger partial charge < -0.3 is 4.42 Å². The van der Waals surface area contributed by atoms with E-state index in [1.54, 1.807) is 6.26 Å². The minimum Gasteiger partial charge on any atom is -0.464 e. The molecule has 0 radical (unpaired) electrons. The first kappa shape index (κ1) is 8.30. The summed E-state index contributed by atoms with van der Waals surface area (Å²) < 4.78 is 5.45. The lowest BCUT2D eigenvalue weighted by Gasteiger charge is -2.05. The summed E-state index contributed by atoms with van der Waals surface area (Å²) >= 11 is 0.